The second-order valence-electron chi connectivity index (χ2n) is 5.44. The Balaban J connectivity index is 0.00000208. The van der Waals surface area contributed by atoms with Crippen molar-refractivity contribution < 1.29 is 0 Å². The summed E-state index contributed by atoms with van der Waals surface area (Å²) in [6.07, 6.45) is 3.58. The number of hydrogen-bond donors (Lipinski definition) is 1. The number of aliphatic imine (C=N–C) groups is 1. The van der Waals surface area contributed by atoms with Crippen LogP contribution in [0.25, 0.3) is 0 Å². The van der Waals surface area contributed by atoms with Gasteiger partial charge in [0.15, 0.2) is 5.96 Å². The third-order valence-electron chi connectivity index (χ3n) is 3.84. The summed E-state index contributed by atoms with van der Waals surface area (Å²) in [6.45, 7) is 6.61. The zero-order valence-electron chi connectivity index (χ0n) is 14.0. The van der Waals surface area contributed by atoms with E-state index in [0.29, 0.717) is 0 Å². The number of thiophene rings is 1. The van der Waals surface area contributed by atoms with Gasteiger partial charge in [-0.15, -0.1) is 35.3 Å². The molecule has 0 unspecified atom stereocenters. The molecule has 6 nitrogen and oxygen atoms in total. The quantitative estimate of drug-likeness (QED) is 0.435. The Kier molecular flexibility index (Phi) is 7.22. The van der Waals surface area contributed by atoms with Crippen LogP contribution in [0.3, 0.4) is 0 Å². The molecule has 0 aromatic carbocycles. The topological polar surface area (TPSA) is 56.7 Å². The zero-order chi connectivity index (χ0) is 16.1. The Morgan fingerprint density at radius 2 is 1.92 bits per heavy atom. The van der Waals surface area contributed by atoms with Crippen LogP contribution >= 0.6 is 35.3 Å². The molecule has 0 bridgehead atoms. The molecule has 2 aromatic rings. The zero-order valence-corrected chi connectivity index (χ0v) is 17.1. The highest BCUT2D eigenvalue weighted by atomic mass is 127. The molecular formula is C16H23IN6S. The number of nitrogens with one attached hydrogen (secondary N) is 1. The van der Waals surface area contributed by atoms with E-state index in [-0.39, 0.29) is 24.0 Å². The standard InChI is InChI=1S/C16H22N6S.HI/c1-13-4-5-14(23-13)12-20-15(17-2)21-8-10-22(11-9-21)16-18-6-3-7-19-16;/h3-7H,8-12H2,1-2H3,(H,17,20);1H. The Labute approximate surface area is 164 Å². The molecule has 24 heavy (non-hydrogen) atoms. The fourth-order valence-electron chi connectivity index (χ4n) is 2.65. The highest BCUT2D eigenvalue weighted by Gasteiger charge is 2.20. The van der Waals surface area contributed by atoms with Crippen LogP contribution in [-0.4, -0.2) is 54.1 Å². The molecule has 130 valence electrons. The molecule has 8 heteroatoms. The minimum absolute atomic E-state index is 0. The van der Waals surface area contributed by atoms with E-state index in [1.165, 1.54) is 9.75 Å². The molecule has 1 aliphatic rings. The van der Waals surface area contributed by atoms with Gasteiger partial charge in [-0.25, -0.2) is 9.97 Å². The van der Waals surface area contributed by atoms with Gasteiger partial charge in [0.1, 0.15) is 0 Å². The van der Waals surface area contributed by atoms with Gasteiger partial charge in [-0.05, 0) is 25.1 Å². The third-order valence-corrected chi connectivity index (χ3v) is 4.84. The van der Waals surface area contributed by atoms with Crippen LogP contribution < -0.4 is 10.2 Å². The predicted molar refractivity (Wildman–Crippen MR) is 110 cm³/mol. The molecule has 2 aromatic heterocycles. The van der Waals surface area contributed by atoms with Crippen LogP contribution in [-0.2, 0) is 6.54 Å². The first-order valence-corrected chi connectivity index (χ1v) is 8.61. The second-order valence-corrected chi connectivity index (χ2v) is 6.81. The molecule has 1 fully saturated rings. The van der Waals surface area contributed by atoms with E-state index in [1.807, 2.05) is 24.5 Å². The van der Waals surface area contributed by atoms with Crippen LogP contribution in [0.15, 0.2) is 35.6 Å². The van der Waals surface area contributed by atoms with Crippen molar-refractivity contribution in [1.29, 1.82) is 0 Å². The summed E-state index contributed by atoms with van der Waals surface area (Å²) in [4.78, 5) is 20.2. The summed E-state index contributed by atoms with van der Waals surface area (Å²) in [5.41, 5.74) is 0. The van der Waals surface area contributed by atoms with Crippen molar-refractivity contribution >= 4 is 47.2 Å². The molecular weight excluding hydrogens is 435 g/mol. The minimum Gasteiger partial charge on any atom is -0.351 e. The Hall–Kier alpha value is -1.42. The number of rotatable bonds is 3. The first kappa shape index (κ1) is 18.9. The summed E-state index contributed by atoms with van der Waals surface area (Å²) in [6, 6.07) is 6.17. The van der Waals surface area contributed by atoms with Gasteiger partial charge in [0.05, 0.1) is 6.54 Å². The van der Waals surface area contributed by atoms with E-state index in [2.05, 4.69) is 49.1 Å². The maximum atomic E-state index is 4.42. The lowest BCUT2D eigenvalue weighted by Crippen LogP contribution is -2.52. The predicted octanol–water partition coefficient (Wildman–Crippen LogP) is 2.36. The molecule has 1 N–H and O–H groups in total. The van der Waals surface area contributed by atoms with Crippen LogP contribution in [0.2, 0.25) is 0 Å². The van der Waals surface area contributed by atoms with Crippen LogP contribution in [0.4, 0.5) is 5.95 Å². The van der Waals surface area contributed by atoms with E-state index in [9.17, 15) is 0 Å². The minimum atomic E-state index is 0. The fourth-order valence-corrected chi connectivity index (χ4v) is 3.48. The number of aromatic nitrogens is 2. The first-order chi connectivity index (χ1) is 11.3. The van der Waals surface area contributed by atoms with Gasteiger partial charge in [-0.1, -0.05) is 0 Å². The normalized spacial score (nSPS) is 15.2. The van der Waals surface area contributed by atoms with Gasteiger partial charge in [0.2, 0.25) is 5.95 Å². The molecule has 0 aliphatic carbocycles. The summed E-state index contributed by atoms with van der Waals surface area (Å²) in [5.74, 6) is 1.77. The van der Waals surface area contributed by atoms with Crippen LogP contribution in [0.1, 0.15) is 9.75 Å². The fraction of sp³-hybridized carbons (Fsp3) is 0.438. The van der Waals surface area contributed by atoms with Gasteiger partial charge in [-0.3, -0.25) is 4.99 Å². The van der Waals surface area contributed by atoms with Gasteiger partial charge in [0, 0.05) is 55.4 Å². The van der Waals surface area contributed by atoms with Crippen LogP contribution in [0.5, 0.6) is 0 Å². The van der Waals surface area contributed by atoms with Gasteiger partial charge < -0.3 is 15.1 Å². The molecule has 0 spiro atoms. The van der Waals surface area contributed by atoms with E-state index in [4.69, 9.17) is 0 Å². The monoisotopic (exact) mass is 458 g/mol. The highest BCUT2D eigenvalue weighted by molar-refractivity contribution is 14.0. The Bertz CT molecular complexity index is 652. The van der Waals surface area contributed by atoms with Crippen molar-refractivity contribution in [3.05, 3.63) is 40.3 Å². The van der Waals surface area contributed by atoms with Crippen molar-refractivity contribution in [1.82, 2.24) is 20.2 Å². The molecule has 3 rings (SSSR count). The lowest BCUT2D eigenvalue weighted by Gasteiger charge is -2.36. The van der Waals surface area contributed by atoms with Crippen LogP contribution in [0, 0.1) is 6.92 Å². The average molecular weight is 458 g/mol. The average Bonchev–Trinajstić information content (AvgIpc) is 3.02. The van der Waals surface area contributed by atoms with Crippen molar-refractivity contribution in [3.63, 3.8) is 0 Å². The van der Waals surface area contributed by atoms with Crippen molar-refractivity contribution in [2.75, 3.05) is 38.1 Å². The molecule has 0 saturated carbocycles. The SMILES string of the molecule is CN=C(NCc1ccc(C)s1)N1CCN(c2ncccn2)CC1.I. The lowest BCUT2D eigenvalue weighted by molar-refractivity contribution is 0.370. The number of nitrogens with zero attached hydrogens (tertiary/aromatic N) is 5. The molecule has 1 aliphatic heterocycles. The van der Waals surface area contributed by atoms with Crippen molar-refractivity contribution in [2.45, 2.75) is 13.5 Å². The molecule has 1 saturated heterocycles. The molecule has 3 heterocycles. The summed E-state index contributed by atoms with van der Waals surface area (Å²) >= 11 is 1.82. The maximum absolute atomic E-state index is 4.42. The Morgan fingerprint density at radius 1 is 1.21 bits per heavy atom. The summed E-state index contributed by atoms with van der Waals surface area (Å²) in [7, 11) is 1.84. The van der Waals surface area contributed by atoms with Gasteiger partial charge in [-0.2, -0.15) is 0 Å². The van der Waals surface area contributed by atoms with E-state index >= 15 is 0 Å². The Morgan fingerprint density at radius 3 is 2.50 bits per heavy atom. The largest absolute Gasteiger partial charge is 0.351 e. The van der Waals surface area contributed by atoms with E-state index in [1.54, 1.807) is 12.4 Å². The van der Waals surface area contributed by atoms with Crippen molar-refractivity contribution in [2.24, 2.45) is 4.99 Å². The lowest BCUT2D eigenvalue weighted by atomic mass is 10.3. The highest BCUT2D eigenvalue weighted by Crippen LogP contribution is 2.15. The molecule has 0 radical (unpaired) electrons. The number of anilines is 1. The number of piperazine rings is 1. The van der Waals surface area contributed by atoms with E-state index in [0.717, 1.165) is 44.6 Å². The number of hydrogen-bond acceptors (Lipinski definition) is 5. The maximum Gasteiger partial charge on any atom is 0.225 e. The molecule has 0 amide bonds. The second kappa shape index (κ2) is 9.16. The first-order valence-electron chi connectivity index (χ1n) is 7.79. The molecule has 0 atom stereocenters. The summed E-state index contributed by atoms with van der Waals surface area (Å²) in [5, 5.41) is 3.46. The summed E-state index contributed by atoms with van der Waals surface area (Å²) < 4.78 is 0. The number of guanidine groups is 1. The van der Waals surface area contributed by atoms with Crippen molar-refractivity contribution in [3.8, 4) is 0 Å². The van der Waals surface area contributed by atoms with Gasteiger partial charge >= 0.3 is 0 Å². The third kappa shape index (κ3) is 4.79. The van der Waals surface area contributed by atoms with E-state index < -0.39 is 0 Å². The number of halogens is 1. The number of aryl methyl sites for hydroxylation is 1. The van der Waals surface area contributed by atoms with Gasteiger partial charge in [0.25, 0.3) is 0 Å². The smallest absolute Gasteiger partial charge is 0.225 e.